The molecule has 4 aromatic rings. The summed E-state index contributed by atoms with van der Waals surface area (Å²) < 4.78 is 18.3. The molecule has 0 saturated heterocycles. The van der Waals surface area contributed by atoms with Gasteiger partial charge in [-0.3, -0.25) is 9.59 Å². The summed E-state index contributed by atoms with van der Waals surface area (Å²) in [6, 6.07) is 24.7. The van der Waals surface area contributed by atoms with Crippen LogP contribution in [0.25, 0.3) is 10.9 Å². The number of hydrogen-bond acceptors (Lipinski definition) is 5. The zero-order valence-electron chi connectivity index (χ0n) is 17.0. The molecular formula is C25H21NO5. The van der Waals surface area contributed by atoms with E-state index in [2.05, 4.69) is 0 Å². The van der Waals surface area contributed by atoms with Crippen LogP contribution in [-0.4, -0.2) is 11.0 Å². The third kappa shape index (κ3) is 4.43. The molecule has 1 heterocycles. The molecule has 0 saturated carbocycles. The molecular weight excluding hydrogens is 394 g/mol. The van der Waals surface area contributed by atoms with Gasteiger partial charge in [0.05, 0.1) is 5.52 Å². The Bertz CT molecular complexity index is 1250. The number of nitrogens with zero attached hydrogens (tertiary/aromatic N) is 1. The van der Waals surface area contributed by atoms with Crippen molar-refractivity contribution in [3.63, 3.8) is 0 Å². The Balaban J connectivity index is 1.71. The number of aryl methyl sites for hydroxylation is 1. The Hall–Kier alpha value is -4.06. The third-order valence-corrected chi connectivity index (χ3v) is 4.92. The maximum Gasteiger partial charge on any atom is 0.298 e. The van der Waals surface area contributed by atoms with Gasteiger partial charge in [-0.2, -0.15) is 0 Å². The SMILES string of the molecule is Cn1c(=O)c(OC=O)c(OCc2ccccc2)c2ccc(OCc3ccccc3)cc21. The maximum absolute atomic E-state index is 12.9. The van der Waals surface area contributed by atoms with Crippen molar-refractivity contribution in [2.24, 2.45) is 7.05 Å². The minimum absolute atomic E-state index is 0.140. The predicted molar refractivity (Wildman–Crippen MR) is 117 cm³/mol. The highest BCUT2D eigenvalue weighted by molar-refractivity contribution is 5.89. The van der Waals surface area contributed by atoms with Crippen molar-refractivity contribution in [3.05, 3.63) is 100 Å². The van der Waals surface area contributed by atoms with Gasteiger partial charge in [0.15, 0.2) is 5.75 Å². The van der Waals surface area contributed by atoms with Gasteiger partial charge in [0.1, 0.15) is 19.0 Å². The number of hydrogen-bond donors (Lipinski definition) is 0. The first-order valence-corrected chi connectivity index (χ1v) is 9.78. The smallest absolute Gasteiger partial charge is 0.298 e. The summed E-state index contributed by atoms with van der Waals surface area (Å²) >= 11 is 0. The van der Waals surface area contributed by atoms with E-state index in [1.54, 1.807) is 25.2 Å². The lowest BCUT2D eigenvalue weighted by atomic mass is 10.1. The first-order valence-electron chi connectivity index (χ1n) is 9.78. The van der Waals surface area contributed by atoms with Gasteiger partial charge in [-0.15, -0.1) is 0 Å². The monoisotopic (exact) mass is 415 g/mol. The molecule has 6 heteroatoms. The summed E-state index contributed by atoms with van der Waals surface area (Å²) in [5, 5.41) is 0.641. The molecule has 0 bridgehead atoms. The second kappa shape index (κ2) is 9.17. The standard InChI is InChI=1S/C25H21NO5/c1-26-22-14-20(29-15-18-8-4-2-5-9-18)12-13-21(22)23(24(25(26)28)31-17-27)30-16-19-10-6-3-7-11-19/h2-14,17H,15-16H2,1H3. The average Bonchev–Trinajstić information content (AvgIpc) is 2.82. The Morgan fingerprint density at radius 1 is 0.806 bits per heavy atom. The predicted octanol–water partition coefficient (Wildman–Crippen LogP) is 4.23. The third-order valence-electron chi connectivity index (χ3n) is 4.92. The van der Waals surface area contributed by atoms with Gasteiger partial charge in [0, 0.05) is 18.5 Å². The van der Waals surface area contributed by atoms with Crippen molar-refractivity contribution in [3.8, 4) is 17.2 Å². The average molecular weight is 415 g/mol. The van der Waals surface area contributed by atoms with Crippen LogP contribution in [0.1, 0.15) is 11.1 Å². The molecule has 6 nitrogen and oxygen atoms in total. The molecule has 0 atom stereocenters. The van der Waals surface area contributed by atoms with E-state index in [9.17, 15) is 9.59 Å². The lowest BCUT2D eigenvalue weighted by molar-refractivity contribution is -0.120. The molecule has 0 aliphatic heterocycles. The van der Waals surface area contributed by atoms with Crippen LogP contribution in [0.15, 0.2) is 83.7 Å². The van der Waals surface area contributed by atoms with Crippen molar-refractivity contribution in [1.82, 2.24) is 4.57 Å². The van der Waals surface area contributed by atoms with Crippen LogP contribution in [-0.2, 0) is 25.1 Å². The normalized spacial score (nSPS) is 10.6. The second-order valence-corrected chi connectivity index (χ2v) is 6.96. The number of fused-ring (bicyclic) bond motifs is 1. The summed E-state index contributed by atoms with van der Waals surface area (Å²) in [6.45, 7) is 0.865. The van der Waals surface area contributed by atoms with Gasteiger partial charge in [-0.25, -0.2) is 0 Å². The van der Waals surface area contributed by atoms with E-state index in [0.29, 0.717) is 23.3 Å². The molecule has 31 heavy (non-hydrogen) atoms. The molecule has 0 amide bonds. The molecule has 3 aromatic carbocycles. The Kier molecular flexibility index (Phi) is 5.98. The number of aromatic nitrogens is 1. The van der Waals surface area contributed by atoms with Gasteiger partial charge >= 0.3 is 0 Å². The molecule has 4 rings (SSSR count). The molecule has 0 spiro atoms. The van der Waals surface area contributed by atoms with Gasteiger partial charge in [0.2, 0.25) is 5.75 Å². The summed E-state index contributed by atoms with van der Waals surface area (Å²) in [4.78, 5) is 23.9. The van der Waals surface area contributed by atoms with Crippen LogP contribution in [0.5, 0.6) is 17.2 Å². The lowest BCUT2D eigenvalue weighted by Crippen LogP contribution is -2.21. The summed E-state index contributed by atoms with van der Waals surface area (Å²) in [6.07, 6.45) is 0. The molecule has 1 aromatic heterocycles. The van der Waals surface area contributed by atoms with E-state index in [4.69, 9.17) is 14.2 Å². The van der Waals surface area contributed by atoms with Crippen molar-refractivity contribution in [1.29, 1.82) is 0 Å². The van der Waals surface area contributed by atoms with Crippen LogP contribution in [0, 0.1) is 0 Å². The highest BCUT2D eigenvalue weighted by Crippen LogP contribution is 2.35. The van der Waals surface area contributed by atoms with Crippen LogP contribution in [0.3, 0.4) is 0 Å². The Labute approximate surface area is 179 Å². The van der Waals surface area contributed by atoms with Crippen molar-refractivity contribution >= 4 is 17.4 Å². The van der Waals surface area contributed by atoms with Crippen LogP contribution in [0.4, 0.5) is 0 Å². The number of rotatable bonds is 8. The van der Waals surface area contributed by atoms with Gasteiger partial charge in [-0.05, 0) is 23.3 Å². The molecule has 0 radical (unpaired) electrons. The Morgan fingerprint density at radius 2 is 1.42 bits per heavy atom. The number of benzene rings is 3. The van der Waals surface area contributed by atoms with E-state index in [1.165, 1.54) is 4.57 Å². The van der Waals surface area contributed by atoms with Crippen LogP contribution < -0.4 is 19.8 Å². The van der Waals surface area contributed by atoms with E-state index < -0.39 is 5.56 Å². The molecule has 0 unspecified atom stereocenters. The van der Waals surface area contributed by atoms with Gasteiger partial charge in [0.25, 0.3) is 12.0 Å². The highest BCUT2D eigenvalue weighted by atomic mass is 16.5. The minimum Gasteiger partial charge on any atom is -0.489 e. The van der Waals surface area contributed by atoms with Gasteiger partial charge < -0.3 is 18.8 Å². The van der Waals surface area contributed by atoms with E-state index in [-0.39, 0.29) is 24.6 Å². The fraction of sp³-hybridized carbons (Fsp3) is 0.120. The molecule has 156 valence electrons. The zero-order chi connectivity index (χ0) is 21.6. The van der Waals surface area contributed by atoms with Crippen molar-refractivity contribution in [2.45, 2.75) is 13.2 Å². The quantitative estimate of drug-likeness (QED) is 0.403. The highest BCUT2D eigenvalue weighted by Gasteiger charge is 2.19. The fourth-order valence-electron chi connectivity index (χ4n) is 3.32. The fourth-order valence-corrected chi connectivity index (χ4v) is 3.32. The second-order valence-electron chi connectivity index (χ2n) is 6.96. The lowest BCUT2D eigenvalue weighted by Gasteiger charge is -2.16. The Morgan fingerprint density at radius 3 is 2.03 bits per heavy atom. The first kappa shape index (κ1) is 20.2. The minimum atomic E-state index is -0.470. The first-order chi connectivity index (χ1) is 15.2. The van der Waals surface area contributed by atoms with Crippen molar-refractivity contribution < 1.29 is 19.0 Å². The molecule has 0 N–H and O–H groups in total. The molecule has 0 fully saturated rings. The van der Waals surface area contributed by atoms with Crippen LogP contribution >= 0.6 is 0 Å². The largest absolute Gasteiger partial charge is 0.489 e. The topological polar surface area (TPSA) is 66.8 Å². The summed E-state index contributed by atoms with van der Waals surface area (Å²) in [7, 11) is 1.62. The van der Waals surface area contributed by atoms with E-state index in [0.717, 1.165) is 11.1 Å². The van der Waals surface area contributed by atoms with E-state index in [1.807, 2.05) is 60.7 Å². The summed E-state index contributed by atoms with van der Waals surface area (Å²) in [5.41, 5.74) is 2.11. The van der Waals surface area contributed by atoms with Gasteiger partial charge in [-0.1, -0.05) is 60.7 Å². The maximum atomic E-state index is 12.9. The van der Waals surface area contributed by atoms with E-state index >= 15 is 0 Å². The number of carbonyl (C=O) groups is 1. The number of pyridine rings is 1. The number of carbonyl (C=O) groups excluding carboxylic acids is 1. The molecule has 0 aliphatic carbocycles. The zero-order valence-corrected chi connectivity index (χ0v) is 17.0. The van der Waals surface area contributed by atoms with Crippen molar-refractivity contribution in [2.75, 3.05) is 0 Å². The van der Waals surface area contributed by atoms with Crippen LogP contribution in [0.2, 0.25) is 0 Å². The molecule has 0 aliphatic rings. The summed E-state index contributed by atoms with van der Waals surface area (Å²) in [5.74, 6) is 0.701. The number of ether oxygens (including phenoxy) is 3.